The summed E-state index contributed by atoms with van der Waals surface area (Å²) in [5.74, 6) is 0.714. The Balaban J connectivity index is 1.21. The summed E-state index contributed by atoms with van der Waals surface area (Å²) in [4.78, 5) is 18.9. The molecule has 2 aliphatic rings. The van der Waals surface area contributed by atoms with Crippen LogP contribution < -0.4 is 10.6 Å². The highest BCUT2D eigenvalue weighted by atomic mass is 16.3. The fourth-order valence-electron chi connectivity index (χ4n) is 4.49. The minimum Gasteiger partial charge on any atom is -0.391 e. The molecule has 0 radical (unpaired) electrons. The Hall–Kier alpha value is -2.45. The third-order valence-electron chi connectivity index (χ3n) is 6.10. The van der Waals surface area contributed by atoms with Gasteiger partial charge in [0.1, 0.15) is 6.33 Å². The first-order valence-corrected chi connectivity index (χ1v) is 10.6. The van der Waals surface area contributed by atoms with Crippen molar-refractivity contribution in [1.82, 2.24) is 30.7 Å². The van der Waals surface area contributed by atoms with Crippen LogP contribution in [0.25, 0.3) is 11.4 Å². The number of nitrogens with one attached hydrogen (secondary N) is 3. The van der Waals surface area contributed by atoms with Gasteiger partial charge >= 0.3 is 6.03 Å². The molecule has 2 heterocycles. The fourth-order valence-corrected chi connectivity index (χ4v) is 4.49. The number of H-pyrrole nitrogens is 1. The van der Waals surface area contributed by atoms with E-state index in [0.29, 0.717) is 18.4 Å². The Morgan fingerprint density at radius 3 is 2.79 bits per heavy atom. The summed E-state index contributed by atoms with van der Waals surface area (Å²) >= 11 is 0. The van der Waals surface area contributed by atoms with Gasteiger partial charge in [0, 0.05) is 37.3 Å². The Morgan fingerprint density at radius 1 is 1.21 bits per heavy atom. The molecule has 1 aliphatic carbocycles. The van der Waals surface area contributed by atoms with Crippen molar-refractivity contribution in [1.29, 1.82) is 0 Å². The number of amides is 2. The molecule has 0 bridgehead atoms. The van der Waals surface area contributed by atoms with Gasteiger partial charge in [0.15, 0.2) is 5.82 Å². The summed E-state index contributed by atoms with van der Waals surface area (Å²) in [6.07, 6.45) is 7.50. The minimum absolute atomic E-state index is 0.133. The Kier molecular flexibility index (Phi) is 6.41. The molecule has 2 fully saturated rings. The predicted octanol–water partition coefficient (Wildman–Crippen LogP) is 2.04. The zero-order valence-electron chi connectivity index (χ0n) is 16.7. The number of hydrogen-bond acceptors (Lipinski definition) is 5. The quantitative estimate of drug-likeness (QED) is 0.617. The number of nitrogens with zero attached hydrogens (tertiary/aromatic N) is 3. The Labute approximate surface area is 171 Å². The highest BCUT2D eigenvalue weighted by molar-refractivity contribution is 5.74. The second kappa shape index (κ2) is 9.37. The summed E-state index contributed by atoms with van der Waals surface area (Å²) in [6, 6.07) is 8.24. The van der Waals surface area contributed by atoms with Crippen LogP contribution in [-0.4, -0.2) is 62.5 Å². The zero-order valence-corrected chi connectivity index (χ0v) is 16.7. The van der Waals surface area contributed by atoms with Crippen molar-refractivity contribution in [2.75, 3.05) is 13.1 Å². The van der Waals surface area contributed by atoms with E-state index >= 15 is 0 Å². The standard InChI is InChI=1S/C21H30N6O2/c28-19-7-2-1-6-18(19)27-10-8-17(9-11-27)25-21(29)22-13-15-4-3-5-16(12-15)20-23-14-24-26-20/h3-5,12,14,17-19,28H,1-2,6-11,13H2,(H2,22,25,29)(H,23,24,26). The number of aliphatic hydroxyl groups is 1. The van der Waals surface area contributed by atoms with Crippen molar-refractivity contribution < 1.29 is 9.90 Å². The predicted molar refractivity (Wildman–Crippen MR) is 110 cm³/mol. The summed E-state index contributed by atoms with van der Waals surface area (Å²) in [7, 11) is 0. The molecule has 8 heteroatoms. The number of aromatic amines is 1. The molecule has 8 nitrogen and oxygen atoms in total. The van der Waals surface area contributed by atoms with Gasteiger partial charge in [0.2, 0.25) is 0 Å². The fraction of sp³-hybridized carbons (Fsp3) is 0.571. The van der Waals surface area contributed by atoms with Gasteiger partial charge in [-0.25, -0.2) is 9.78 Å². The first-order chi connectivity index (χ1) is 14.2. The van der Waals surface area contributed by atoms with Crippen LogP contribution >= 0.6 is 0 Å². The molecule has 2 aromatic rings. The maximum Gasteiger partial charge on any atom is 0.315 e. The lowest BCUT2D eigenvalue weighted by molar-refractivity contribution is 0.00777. The van der Waals surface area contributed by atoms with Crippen molar-refractivity contribution in [3.05, 3.63) is 36.2 Å². The van der Waals surface area contributed by atoms with Gasteiger partial charge in [0.25, 0.3) is 0 Å². The summed E-state index contributed by atoms with van der Waals surface area (Å²) < 4.78 is 0. The number of urea groups is 1. The molecule has 4 rings (SSSR count). The van der Waals surface area contributed by atoms with Gasteiger partial charge < -0.3 is 15.7 Å². The first kappa shape index (κ1) is 19.8. The van der Waals surface area contributed by atoms with Crippen molar-refractivity contribution in [2.45, 2.75) is 63.3 Å². The lowest BCUT2D eigenvalue weighted by Gasteiger charge is -2.41. The van der Waals surface area contributed by atoms with Gasteiger partial charge in [0.05, 0.1) is 6.10 Å². The number of carbonyl (C=O) groups excluding carboxylic acids is 1. The smallest absolute Gasteiger partial charge is 0.315 e. The maximum atomic E-state index is 12.3. The van der Waals surface area contributed by atoms with Crippen LogP contribution in [0.5, 0.6) is 0 Å². The van der Waals surface area contributed by atoms with E-state index in [2.05, 4.69) is 30.7 Å². The normalized spacial score (nSPS) is 23.6. The molecule has 1 aromatic heterocycles. The monoisotopic (exact) mass is 398 g/mol. The third kappa shape index (κ3) is 5.13. The van der Waals surface area contributed by atoms with E-state index in [1.807, 2.05) is 24.3 Å². The molecule has 29 heavy (non-hydrogen) atoms. The van der Waals surface area contributed by atoms with E-state index in [9.17, 15) is 9.90 Å². The summed E-state index contributed by atoms with van der Waals surface area (Å²) in [5.41, 5.74) is 1.95. The van der Waals surface area contributed by atoms with Crippen LogP contribution in [0.1, 0.15) is 44.1 Å². The molecule has 2 amide bonds. The number of aliphatic hydroxyl groups excluding tert-OH is 1. The topological polar surface area (TPSA) is 106 Å². The van der Waals surface area contributed by atoms with E-state index < -0.39 is 0 Å². The largest absolute Gasteiger partial charge is 0.391 e. The molecule has 1 aromatic carbocycles. The molecule has 4 N–H and O–H groups in total. The third-order valence-corrected chi connectivity index (χ3v) is 6.10. The van der Waals surface area contributed by atoms with E-state index in [-0.39, 0.29) is 18.2 Å². The van der Waals surface area contributed by atoms with Crippen LogP contribution in [0.4, 0.5) is 4.79 Å². The van der Waals surface area contributed by atoms with Crippen LogP contribution in [-0.2, 0) is 6.54 Å². The molecule has 1 aliphatic heterocycles. The molecular formula is C21H30N6O2. The number of rotatable bonds is 5. The number of carbonyl (C=O) groups is 1. The van der Waals surface area contributed by atoms with Gasteiger partial charge in [-0.1, -0.05) is 31.0 Å². The van der Waals surface area contributed by atoms with Gasteiger partial charge in [-0.15, -0.1) is 0 Å². The van der Waals surface area contributed by atoms with Gasteiger partial charge in [-0.2, -0.15) is 5.10 Å². The van der Waals surface area contributed by atoms with Crippen molar-refractivity contribution in [2.24, 2.45) is 0 Å². The second-order valence-electron chi connectivity index (χ2n) is 8.09. The van der Waals surface area contributed by atoms with Gasteiger partial charge in [-0.3, -0.25) is 10.00 Å². The highest BCUT2D eigenvalue weighted by Gasteiger charge is 2.31. The molecule has 2 unspecified atom stereocenters. The van der Waals surface area contributed by atoms with E-state index in [1.54, 1.807) is 0 Å². The number of benzene rings is 1. The van der Waals surface area contributed by atoms with E-state index in [4.69, 9.17) is 0 Å². The number of aromatic nitrogens is 3. The average molecular weight is 399 g/mol. The lowest BCUT2D eigenvalue weighted by atomic mass is 9.89. The summed E-state index contributed by atoms with van der Waals surface area (Å²) in [6.45, 7) is 2.33. The molecule has 1 saturated carbocycles. The highest BCUT2D eigenvalue weighted by Crippen LogP contribution is 2.25. The number of hydrogen-bond donors (Lipinski definition) is 4. The first-order valence-electron chi connectivity index (χ1n) is 10.6. The number of piperidine rings is 1. The van der Waals surface area contributed by atoms with Crippen LogP contribution in [0.2, 0.25) is 0 Å². The van der Waals surface area contributed by atoms with Crippen molar-refractivity contribution in [3.8, 4) is 11.4 Å². The Morgan fingerprint density at radius 2 is 2.03 bits per heavy atom. The van der Waals surface area contributed by atoms with Crippen LogP contribution in [0.3, 0.4) is 0 Å². The van der Waals surface area contributed by atoms with Gasteiger partial charge in [-0.05, 0) is 37.3 Å². The molecule has 156 valence electrons. The molecule has 2 atom stereocenters. The zero-order chi connectivity index (χ0) is 20.1. The molecule has 1 saturated heterocycles. The summed E-state index contributed by atoms with van der Waals surface area (Å²) in [5, 5.41) is 23.0. The van der Waals surface area contributed by atoms with E-state index in [0.717, 1.165) is 56.3 Å². The van der Waals surface area contributed by atoms with Crippen LogP contribution in [0.15, 0.2) is 30.6 Å². The maximum absolute atomic E-state index is 12.3. The van der Waals surface area contributed by atoms with Crippen molar-refractivity contribution >= 4 is 6.03 Å². The Bertz CT molecular complexity index is 788. The van der Waals surface area contributed by atoms with E-state index in [1.165, 1.54) is 12.7 Å². The van der Waals surface area contributed by atoms with Crippen molar-refractivity contribution in [3.63, 3.8) is 0 Å². The minimum atomic E-state index is -0.190. The molecular weight excluding hydrogens is 368 g/mol. The van der Waals surface area contributed by atoms with Crippen LogP contribution in [0, 0.1) is 0 Å². The SMILES string of the molecule is O=C(NCc1cccc(-c2ncn[nH]2)c1)NC1CCN(C2CCCCC2O)CC1. The lowest BCUT2D eigenvalue weighted by Crippen LogP contribution is -2.53. The molecule has 0 spiro atoms. The average Bonchev–Trinajstić information content (AvgIpc) is 3.29. The number of likely N-dealkylation sites (tertiary alicyclic amines) is 1. The second-order valence-corrected chi connectivity index (χ2v) is 8.09.